The van der Waals surface area contributed by atoms with Crippen LogP contribution in [0.3, 0.4) is 0 Å². The number of aromatic nitrogens is 2. The number of nitro benzene ring substituents is 1. The molecule has 4 N–H and O–H groups in total. The number of anilines is 2. The Morgan fingerprint density at radius 1 is 1.29 bits per heavy atom. The molecule has 1 aromatic carbocycles. The standard InChI is InChI=1S/C10H9N5O2/c11-9-8(5-13-10(12)14-9)6-2-1-3-7(4-6)15(16)17/h1-5H,(H4,11,12,13,14). The second kappa shape index (κ2) is 4.05. The monoisotopic (exact) mass is 231 g/mol. The minimum absolute atomic E-state index is 0.0151. The van der Waals surface area contributed by atoms with E-state index < -0.39 is 4.92 Å². The first kappa shape index (κ1) is 10.8. The van der Waals surface area contributed by atoms with Gasteiger partial charge in [-0.1, -0.05) is 12.1 Å². The Labute approximate surface area is 96.3 Å². The van der Waals surface area contributed by atoms with Crippen molar-refractivity contribution in [2.45, 2.75) is 0 Å². The normalized spacial score (nSPS) is 10.1. The number of benzene rings is 1. The maximum atomic E-state index is 10.6. The van der Waals surface area contributed by atoms with Crippen LogP contribution < -0.4 is 11.5 Å². The number of nitrogen functional groups attached to an aromatic ring is 2. The average molecular weight is 231 g/mol. The molecule has 0 fully saturated rings. The first-order chi connectivity index (χ1) is 8.08. The number of rotatable bonds is 2. The van der Waals surface area contributed by atoms with Gasteiger partial charge in [0.1, 0.15) is 5.82 Å². The van der Waals surface area contributed by atoms with E-state index in [-0.39, 0.29) is 17.5 Å². The van der Waals surface area contributed by atoms with Crippen LogP contribution in [0.2, 0.25) is 0 Å². The lowest BCUT2D eigenvalue weighted by Gasteiger charge is -2.04. The van der Waals surface area contributed by atoms with E-state index in [0.717, 1.165) is 0 Å². The van der Waals surface area contributed by atoms with Crippen molar-refractivity contribution in [2.24, 2.45) is 0 Å². The topological polar surface area (TPSA) is 121 Å². The summed E-state index contributed by atoms with van der Waals surface area (Å²) >= 11 is 0. The zero-order chi connectivity index (χ0) is 12.4. The Morgan fingerprint density at radius 3 is 2.71 bits per heavy atom. The SMILES string of the molecule is Nc1ncc(-c2cccc([N+](=O)[O-])c2)c(N)n1. The van der Waals surface area contributed by atoms with Gasteiger partial charge in [0, 0.05) is 23.9 Å². The van der Waals surface area contributed by atoms with Gasteiger partial charge in [0.25, 0.3) is 5.69 Å². The molecule has 1 heterocycles. The molecular formula is C10H9N5O2. The van der Waals surface area contributed by atoms with Crippen LogP contribution in [0.5, 0.6) is 0 Å². The third-order valence-corrected chi connectivity index (χ3v) is 2.20. The fourth-order valence-electron chi connectivity index (χ4n) is 1.42. The van der Waals surface area contributed by atoms with E-state index in [1.54, 1.807) is 12.1 Å². The largest absolute Gasteiger partial charge is 0.383 e. The van der Waals surface area contributed by atoms with Crippen LogP contribution in [0.1, 0.15) is 0 Å². The van der Waals surface area contributed by atoms with Gasteiger partial charge in [0.15, 0.2) is 0 Å². The molecule has 0 radical (unpaired) electrons. The van der Waals surface area contributed by atoms with Gasteiger partial charge in [0.05, 0.1) is 4.92 Å². The summed E-state index contributed by atoms with van der Waals surface area (Å²) < 4.78 is 0. The fourth-order valence-corrected chi connectivity index (χ4v) is 1.42. The van der Waals surface area contributed by atoms with Crippen LogP contribution in [0.4, 0.5) is 17.5 Å². The Kier molecular flexibility index (Phi) is 2.57. The van der Waals surface area contributed by atoms with E-state index >= 15 is 0 Å². The Bertz CT molecular complexity index is 585. The van der Waals surface area contributed by atoms with Gasteiger partial charge in [-0.3, -0.25) is 10.1 Å². The first-order valence-corrected chi connectivity index (χ1v) is 4.71. The first-order valence-electron chi connectivity index (χ1n) is 4.71. The van der Waals surface area contributed by atoms with Gasteiger partial charge >= 0.3 is 0 Å². The summed E-state index contributed by atoms with van der Waals surface area (Å²) in [6, 6.07) is 6.07. The lowest BCUT2D eigenvalue weighted by molar-refractivity contribution is -0.384. The summed E-state index contributed by atoms with van der Waals surface area (Å²) in [5, 5.41) is 10.6. The van der Waals surface area contributed by atoms with Gasteiger partial charge in [-0.05, 0) is 5.56 Å². The average Bonchev–Trinajstić information content (AvgIpc) is 2.29. The summed E-state index contributed by atoms with van der Waals surface area (Å²) in [5.74, 6) is 0.259. The van der Waals surface area contributed by atoms with Crippen molar-refractivity contribution in [2.75, 3.05) is 11.5 Å². The van der Waals surface area contributed by atoms with Crippen molar-refractivity contribution >= 4 is 17.5 Å². The van der Waals surface area contributed by atoms with Crippen molar-refractivity contribution in [1.29, 1.82) is 0 Å². The molecule has 0 aliphatic rings. The van der Waals surface area contributed by atoms with Crippen LogP contribution in [0.25, 0.3) is 11.1 Å². The van der Waals surface area contributed by atoms with Crippen molar-refractivity contribution < 1.29 is 4.92 Å². The number of non-ortho nitro benzene ring substituents is 1. The molecule has 1 aromatic heterocycles. The zero-order valence-corrected chi connectivity index (χ0v) is 8.70. The Hall–Kier alpha value is -2.70. The summed E-state index contributed by atoms with van der Waals surface area (Å²) in [6.07, 6.45) is 1.44. The van der Waals surface area contributed by atoms with E-state index in [1.165, 1.54) is 18.3 Å². The zero-order valence-electron chi connectivity index (χ0n) is 8.70. The molecule has 0 amide bonds. The van der Waals surface area contributed by atoms with Crippen molar-refractivity contribution in [3.8, 4) is 11.1 Å². The highest BCUT2D eigenvalue weighted by Gasteiger charge is 2.10. The highest BCUT2D eigenvalue weighted by Crippen LogP contribution is 2.26. The van der Waals surface area contributed by atoms with E-state index in [0.29, 0.717) is 11.1 Å². The predicted octanol–water partition coefficient (Wildman–Crippen LogP) is 1.22. The lowest BCUT2D eigenvalue weighted by atomic mass is 10.1. The van der Waals surface area contributed by atoms with Crippen molar-refractivity contribution in [3.05, 3.63) is 40.6 Å². The molecule has 0 atom stereocenters. The molecule has 0 aliphatic heterocycles. The smallest absolute Gasteiger partial charge is 0.270 e. The van der Waals surface area contributed by atoms with Gasteiger partial charge in [0.2, 0.25) is 5.95 Å². The number of nitrogens with two attached hydrogens (primary N) is 2. The molecule has 7 heteroatoms. The highest BCUT2D eigenvalue weighted by atomic mass is 16.6. The molecule has 7 nitrogen and oxygen atoms in total. The lowest BCUT2D eigenvalue weighted by Crippen LogP contribution is -2.01. The molecule has 0 aliphatic carbocycles. The molecule has 0 unspecified atom stereocenters. The third kappa shape index (κ3) is 2.12. The molecule has 0 spiro atoms. The molecular weight excluding hydrogens is 222 g/mol. The van der Waals surface area contributed by atoms with Crippen molar-refractivity contribution in [3.63, 3.8) is 0 Å². The van der Waals surface area contributed by atoms with Gasteiger partial charge < -0.3 is 11.5 Å². The summed E-state index contributed by atoms with van der Waals surface area (Å²) in [4.78, 5) is 17.8. The minimum atomic E-state index is -0.474. The van der Waals surface area contributed by atoms with Crippen molar-refractivity contribution in [1.82, 2.24) is 9.97 Å². The number of hydrogen-bond donors (Lipinski definition) is 2. The Morgan fingerprint density at radius 2 is 2.06 bits per heavy atom. The van der Waals surface area contributed by atoms with Crippen LogP contribution in [0, 0.1) is 10.1 Å². The molecule has 86 valence electrons. The van der Waals surface area contributed by atoms with Gasteiger partial charge in [-0.2, -0.15) is 4.98 Å². The molecule has 17 heavy (non-hydrogen) atoms. The van der Waals surface area contributed by atoms with Crippen LogP contribution >= 0.6 is 0 Å². The summed E-state index contributed by atoms with van der Waals surface area (Å²) in [5.41, 5.74) is 12.1. The number of hydrogen-bond acceptors (Lipinski definition) is 6. The molecule has 2 aromatic rings. The maximum absolute atomic E-state index is 10.6. The quantitative estimate of drug-likeness (QED) is 0.591. The van der Waals surface area contributed by atoms with Crippen LogP contribution in [-0.2, 0) is 0 Å². The fraction of sp³-hybridized carbons (Fsp3) is 0. The third-order valence-electron chi connectivity index (χ3n) is 2.20. The second-order valence-corrected chi connectivity index (χ2v) is 3.33. The summed E-state index contributed by atoms with van der Waals surface area (Å²) in [7, 11) is 0. The van der Waals surface area contributed by atoms with Gasteiger partial charge in [-0.25, -0.2) is 4.98 Å². The number of nitrogens with zero attached hydrogens (tertiary/aromatic N) is 3. The van der Waals surface area contributed by atoms with Crippen LogP contribution in [0.15, 0.2) is 30.5 Å². The summed E-state index contributed by atoms with van der Waals surface area (Å²) in [6.45, 7) is 0. The van der Waals surface area contributed by atoms with E-state index in [1.807, 2.05) is 0 Å². The molecule has 0 bridgehead atoms. The maximum Gasteiger partial charge on any atom is 0.270 e. The predicted molar refractivity (Wildman–Crippen MR) is 62.9 cm³/mol. The molecule has 0 saturated heterocycles. The molecule has 0 saturated carbocycles. The highest BCUT2D eigenvalue weighted by molar-refractivity contribution is 5.74. The van der Waals surface area contributed by atoms with E-state index in [9.17, 15) is 10.1 Å². The molecule has 2 rings (SSSR count). The minimum Gasteiger partial charge on any atom is -0.383 e. The second-order valence-electron chi connectivity index (χ2n) is 3.33. The van der Waals surface area contributed by atoms with E-state index in [4.69, 9.17) is 11.5 Å². The number of nitro groups is 1. The van der Waals surface area contributed by atoms with Crippen LogP contribution in [-0.4, -0.2) is 14.9 Å². The van der Waals surface area contributed by atoms with E-state index in [2.05, 4.69) is 9.97 Å². The Balaban J connectivity index is 2.53. The van der Waals surface area contributed by atoms with Gasteiger partial charge in [-0.15, -0.1) is 0 Å².